The zero-order valence-corrected chi connectivity index (χ0v) is 25.1. The Hall–Kier alpha value is -0.0931. The smallest absolute Gasteiger partial charge is 0.192 e. The van der Waals surface area contributed by atoms with Crippen molar-refractivity contribution in [2.75, 3.05) is 12.9 Å². The van der Waals surface area contributed by atoms with E-state index in [4.69, 9.17) is 16.0 Å². The SMILES string of the molecule is C=C(C)C[C@@H](N[S+]([O-])C(C)(C)C)[C@](C)(CO[Si](C)(C)C(C)(C)C)c1cnc(SC)nc1Cl. The van der Waals surface area contributed by atoms with Crippen molar-refractivity contribution in [3.05, 3.63) is 29.1 Å². The lowest BCUT2D eigenvalue weighted by Crippen LogP contribution is -2.56. The standard InChI is InChI=1S/C23H42ClN3O2S2Si/c1-16(2)13-18(27-31(28)21(3,4)5)23(9,15-29-32(11,12)22(6,7)8)17-14-25-20(30-10)26-19(17)24/h14,18,27H,1,13,15H2,2-12H3/t18-,23-,31?/m1/s1. The van der Waals surface area contributed by atoms with Gasteiger partial charge in [-0.2, -0.15) is 0 Å². The Balaban J connectivity index is 3.57. The molecule has 0 amide bonds. The van der Waals surface area contributed by atoms with Crippen LogP contribution in [0.25, 0.3) is 0 Å². The molecule has 0 aliphatic carbocycles. The van der Waals surface area contributed by atoms with Crippen LogP contribution < -0.4 is 4.72 Å². The maximum atomic E-state index is 13.2. The third-order valence-electron chi connectivity index (χ3n) is 6.18. The number of rotatable bonds is 10. The molecule has 1 N–H and O–H groups in total. The molecular formula is C23H42ClN3O2S2Si. The van der Waals surface area contributed by atoms with Crippen molar-refractivity contribution in [1.29, 1.82) is 0 Å². The highest BCUT2D eigenvalue weighted by molar-refractivity contribution is 7.98. The lowest BCUT2D eigenvalue weighted by molar-refractivity contribution is 0.177. The third kappa shape index (κ3) is 7.72. The molecule has 0 radical (unpaired) electrons. The highest BCUT2D eigenvalue weighted by Gasteiger charge is 2.46. The fraction of sp³-hybridized carbons (Fsp3) is 0.739. The summed E-state index contributed by atoms with van der Waals surface area (Å²) < 4.78 is 22.8. The number of hydrogen-bond donors (Lipinski definition) is 1. The molecule has 32 heavy (non-hydrogen) atoms. The fourth-order valence-corrected chi connectivity index (χ4v) is 5.58. The number of nitrogens with one attached hydrogen (secondary N) is 1. The molecule has 3 atom stereocenters. The molecule has 0 spiro atoms. The summed E-state index contributed by atoms with van der Waals surface area (Å²) in [6.45, 7) is 25.6. The summed E-state index contributed by atoms with van der Waals surface area (Å²) in [5.74, 6) is 0. The molecule has 1 unspecified atom stereocenters. The lowest BCUT2D eigenvalue weighted by Gasteiger charge is -2.44. The first-order valence-corrected chi connectivity index (χ1v) is 16.5. The normalized spacial score (nSPS) is 17.0. The Morgan fingerprint density at radius 2 is 1.84 bits per heavy atom. The average Bonchev–Trinajstić information content (AvgIpc) is 2.63. The summed E-state index contributed by atoms with van der Waals surface area (Å²) in [6.07, 6.45) is 4.34. The summed E-state index contributed by atoms with van der Waals surface area (Å²) in [4.78, 5) is 8.99. The first kappa shape index (κ1) is 29.9. The van der Waals surface area contributed by atoms with Gasteiger partial charge in [-0.25, -0.2) is 9.97 Å². The van der Waals surface area contributed by atoms with E-state index in [9.17, 15) is 4.55 Å². The second kappa shape index (κ2) is 11.1. The zero-order valence-electron chi connectivity index (χ0n) is 21.7. The van der Waals surface area contributed by atoms with Gasteiger partial charge >= 0.3 is 0 Å². The quantitative estimate of drug-likeness (QED) is 0.0947. The van der Waals surface area contributed by atoms with E-state index >= 15 is 0 Å². The van der Waals surface area contributed by atoms with Crippen molar-refractivity contribution < 1.29 is 8.98 Å². The minimum atomic E-state index is -2.06. The van der Waals surface area contributed by atoms with Gasteiger partial charge in [-0.15, -0.1) is 11.3 Å². The Morgan fingerprint density at radius 1 is 1.28 bits per heavy atom. The highest BCUT2D eigenvalue weighted by Crippen LogP contribution is 2.41. The Kier molecular flexibility index (Phi) is 10.4. The van der Waals surface area contributed by atoms with Crippen LogP contribution in [0.5, 0.6) is 0 Å². The van der Waals surface area contributed by atoms with Gasteiger partial charge < -0.3 is 8.98 Å². The predicted molar refractivity (Wildman–Crippen MR) is 144 cm³/mol. The Bertz CT molecular complexity index is 796. The second-order valence-electron chi connectivity index (χ2n) is 11.2. The molecule has 1 rings (SSSR count). The van der Waals surface area contributed by atoms with E-state index in [2.05, 4.69) is 62.1 Å². The Labute approximate surface area is 209 Å². The number of hydrogen-bond acceptors (Lipinski definition) is 6. The van der Waals surface area contributed by atoms with E-state index in [1.54, 1.807) is 6.20 Å². The molecule has 0 fully saturated rings. The van der Waals surface area contributed by atoms with Crippen molar-refractivity contribution in [3.8, 4) is 0 Å². The molecule has 0 aliphatic rings. The summed E-state index contributed by atoms with van der Waals surface area (Å²) in [5.41, 5.74) is 1.16. The van der Waals surface area contributed by atoms with Crippen LogP contribution in [0.4, 0.5) is 0 Å². The van der Waals surface area contributed by atoms with E-state index in [1.807, 2.05) is 34.0 Å². The molecule has 184 valence electrons. The van der Waals surface area contributed by atoms with E-state index < -0.39 is 29.8 Å². The predicted octanol–water partition coefficient (Wildman–Crippen LogP) is 6.52. The van der Waals surface area contributed by atoms with E-state index in [-0.39, 0.29) is 11.1 Å². The molecule has 0 bridgehead atoms. The molecule has 5 nitrogen and oxygen atoms in total. The van der Waals surface area contributed by atoms with Gasteiger partial charge in [0, 0.05) is 35.1 Å². The van der Waals surface area contributed by atoms with Crippen LogP contribution in [0, 0.1) is 0 Å². The summed E-state index contributed by atoms with van der Waals surface area (Å²) in [5, 5.41) is 1.08. The van der Waals surface area contributed by atoms with E-state index in [1.165, 1.54) is 11.8 Å². The second-order valence-corrected chi connectivity index (χ2v) is 19.2. The largest absolute Gasteiger partial charge is 0.598 e. The number of thioether (sulfide) groups is 1. The van der Waals surface area contributed by atoms with Crippen LogP contribution in [0.15, 0.2) is 23.5 Å². The third-order valence-corrected chi connectivity index (χ3v) is 13.1. The van der Waals surface area contributed by atoms with Gasteiger partial charge in [-0.3, -0.25) is 0 Å². The van der Waals surface area contributed by atoms with E-state index in [0.29, 0.717) is 23.3 Å². The lowest BCUT2D eigenvalue weighted by atomic mass is 9.76. The molecule has 1 aromatic heterocycles. The molecule has 9 heteroatoms. The summed E-state index contributed by atoms with van der Waals surface area (Å²) in [7, 11) is -2.06. The van der Waals surface area contributed by atoms with Gasteiger partial charge in [0.15, 0.2) is 13.5 Å². The molecule has 0 aromatic carbocycles. The van der Waals surface area contributed by atoms with Crippen molar-refractivity contribution in [2.45, 2.75) is 101 Å². The summed E-state index contributed by atoms with van der Waals surface area (Å²) in [6, 6.07) is -0.231. The Morgan fingerprint density at radius 3 is 2.25 bits per heavy atom. The van der Waals surface area contributed by atoms with Crippen LogP contribution in [0.1, 0.15) is 67.4 Å². The van der Waals surface area contributed by atoms with Crippen LogP contribution >= 0.6 is 23.4 Å². The fourth-order valence-electron chi connectivity index (χ4n) is 2.79. The van der Waals surface area contributed by atoms with Gasteiger partial charge in [0.05, 0.1) is 6.04 Å². The van der Waals surface area contributed by atoms with Crippen LogP contribution in [-0.2, 0) is 21.2 Å². The average molecular weight is 520 g/mol. The van der Waals surface area contributed by atoms with Crippen LogP contribution in [0.3, 0.4) is 0 Å². The highest BCUT2D eigenvalue weighted by atomic mass is 35.5. The van der Waals surface area contributed by atoms with Crippen LogP contribution in [-0.4, -0.2) is 46.5 Å². The molecule has 1 heterocycles. The van der Waals surface area contributed by atoms with Gasteiger partial charge in [0.25, 0.3) is 0 Å². The van der Waals surface area contributed by atoms with E-state index in [0.717, 1.165) is 11.1 Å². The molecule has 0 saturated heterocycles. The number of aromatic nitrogens is 2. The zero-order chi connectivity index (χ0) is 25.1. The molecule has 0 aliphatic heterocycles. The topological polar surface area (TPSA) is 70.1 Å². The number of nitrogens with zero attached hydrogens (tertiary/aromatic N) is 2. The van der Waals surface area contributed by atoms with Crippen molar-refractivity contribution in [2.24, 2.45) is 0 Å². The minimum absolute atomic E-state index is 0.0580. The van der Waals surface area contributed by atoms with Crippen LogP contribution in [0.2, 0.25) is 23.3 Å². The van der Waals surface area contributed by atoms with Gasteiger partial charge in [-0.05, 0) is 58.5 Å². The first-order chi connectivity index (χ1) is 14.3. The monoisotopic (exact) mass is 519 g/mol. The molecule has 1 aromatic rings. The minimum Gasteiger partial charge on any atom is -0.598 e. The summed E-state index contributed by atoms with van der Waals surface area (Å²) >= 11 is 6.87. The first-order valence-electron chi connectivity index (χ1n) is 10.9. The van der Waals surface area contributed by atoms with Crippen molar-refractivity contribution in [3.63, 3.8) is 0 Å². The van der Waals surface area contributed by atoms with Crippen molar-refractivity contribution in [1.82, 2.24) is 14.7 Å². The van der Waals surface area contributed by atoms with Gasteiger partial charge in [-0.1, -0.05) is 56.6 Å². The maximum Gasteiger partial charge on any atom is 0.192 e. The van der Waals surface area contributed by atoms with Gasteiger partial charge in [0.2, 0.25) is 0 Å². The van der Waals surface area contributed by atoms with Gasteiger partial charge in [0.1, 0.15) is 9.90 Å². The maximum absolute atomic E-state index is 13.2. The van der Waals surface area contributed by atoms with Crippen molar-refractivity contribution >= 4 is 43.0 Å². The molecule has 0 saturated carbocycles. The number of halogens is 1. The molecular weight excluding hydrogens is 478 g/mol.